The molecule has 0 aliphatic heterocycles. The lowest BCUT2D eigenvalue weighted by atomic mass is 10.1. The standard InChI is InChI=1S/C15H19ClN4O/c1-10(9-20-12(3)14(16)11(2)19-20)15(21)18-8-13-6-4-5-7-17-13/h4-7,10H,8-9H2,1-3H3,(H,18,21). The SMILES string of the molecule is Cc1nn(CC(C)C(=O)NCc2ccccn2)c(C)c1Cl. The first-order valence-electron chi connectivity index (χ1n) is 6.86. The Kier molecular flexibility index (Phi) is 4.96. The maximum Gasteiger partial charge on any atom is 0.225 e. The molecular weight excluding hydrogens is 288 g/mol. The van der Waals surface area contributed by atoms with Gasteiger partial charge in [-0.2, -0.15) is 5.10 Å². The van der Waals surface area contributed by atoms with Crippen LogP contribution in [0.4, 0.5) is 0 Å². The summed E-state index contributed by atoms with van der Waals surface area (Å²) in [5.41, 5.74) is 2.51. The molecule has 2 aromatic heterocycles. The summed E-state index contributed by atoms with van der Waals surface area (Å²) in [5, 5.41) is 7.89. The lowest BCUT2D eigenvalue weighted by molar-refractivity contribution is -0.125. The molecular formula is C15H19ClN4O. The molecule has 0 saturated carbocycles. The highest BCUT2D eigenvalue weighted by atomic mass is 35.5. The summed E-state index contributed by atoms with van der Waals surface area (Å²) in [6, 6.07) is 5.63. The molecule has 6 heteroatoms. The molecule has 2 heterocycles. The van der Waals surface area contributed by atoms with Gasteiger partial charge in [0.2, 0.25) is 5.91 Å². The van der Waals surface area contributed by atoms with E-state index in [0.717, 1.165) is 17.1 Å². The van der Waals surface area contributed by atoms with Crippen molar-refractivity contribution in [3.8, 4) is 0 Å². The first-order valence-corrected chi connectivity index (χ1v) is 7.24. The molecule has 0 radical (unpaired) electrons. The minimum absolute atomic E-state index is 0.0238. The summed E-state index contributed by atoms with van der Waals surface area (Å²) < 4.78 is 1.78. The van der Waals surface area contributed by atoms with Gasteiger partial charge in [-0.25, -0.2) is 0 Å². The van der Waals surface area contributed by atoms with E-state index in [1.54, 1.807) is 10.9 Å². The topological polar surface area (TPSA) is 59.8 Å². The summed E-state index contributed by atoms with van der Waals surface area (Å²) in [5.74, 6) is -0.216. The van der Waals surface area contributed by atoms with Crippen molar-refractivity contribution in [1.82, 2.24) is 20.1 Å². The number of aryl methyl sites for hydroxylation is 1. The monoisotopic (exact) mass is 306 g/mol. The van der Waals surface area contributed by atoms with Crippen molar-refractivity contribution in [3.05, 3.63) is 46.5 Å². The van der Waals surface area contributed by atoms with E-state index >= 15 is 0 Å². The Balaban J connectivity index is 1.92. The first-order chi connectivity index (χ1) is 9.99. The van der Waals surface area contributed by atoms with Gasteiger partial charge in [-0.05, 0) is 26.0 Å². The maximum absolute atomic E-state index is 12.1. The lowest BCUT2D eigenvalue weighted by Gasteiger charge is -2.13. The predicted octanol–water partition coefficient (Wildman–Crippen LogP) is 2.50. The molecule has 0 aromatic carbocycles. The van der Waals surface area contributed by atoms with Crippen LogP contribution in [0, 0.1) is 19.8 Å². The highest BCUT2D eigenvalue weighted by molar-refractivity contribution is 6.31. The van der Waals surface area contributed by atoms with E-state index in [4.69, 9.17) is 11.6 Å². The van der Waals surface area contributed by atoms with Crippen molar-refractivity contribution in [1.29, 1.82) is 0 Å². The van der Waals surface area contributed by atoms with Crippen LogP contribution in [-0.2, 0) is 17.9 Å². The molecule has 1 N–H and O–H groups in total. The van der Waals surface area contributed by atoms with Crippen molar-refractivity contribution in [3.63, 3.8) is 0 Å². The number of carbonyl (C=O) groups excluding carboxylic acids is 1. The number of nitrogens with zero attached hydrogens (tertiary/aromatic N) is 3. The number of amides is 1. The summed E-state index contributed by atoms with van der Waals surface area (Å²) in [6.07, 6.45) is 1.71. The second-order valence-corrected chi connectivity index (χ2v) is 5.48. The van der Waals surface area contributed by atoms with Crippen LogP contribution in [0.25, 0.3) is 0 Å². The van der Waals surface area contributed by atoms with Crippen molar-refractivity contribution in [2.75, 3.05) is 0 Å². The Labute approximate surface area is 129 Å². The van der Waals surface area contributed by atoms with Gasteiger partial charge in [0, 0.05) is 6.20 Å². The van der Waals surface area contributed by atoms with Gasteiger partial charge < -0.3 is 5.32 Å². The molecule has 0 aliphatic carbocycles. The fourth-order valence-electron chi connectivity index (χ4n) is 2.05. The van der Waals surface area contributed by atoms with Crippen LogP contribution in [0.15, 0.2) is 24.4 Å². The molecule has 0 aliphatic rings. The fourth-order valence-corrected chi connectivity index (χ4v) is 2.19. The van der Waals surface area contributed by atoms with E-state index in [1.807, 2.05) is 39.0 Å². The average molecular weight is 307 g/mol. The predicted molar refractivity (Wildman–Crippen MR) is 82.0 cm³/mol. The molecule has 1 atom stereocenters. The Bertz CT molecular complexity index is 624. The molecule has 112 valence electrons. The van der Waals surface area contributed by atoms with Gasteiger partial charge >= 0.3 is 0 Å². The zero-order valence-corrected chi connectivity index (χ0v) is 13.2. The number of aromatic nitrogens is 3. The maximum atomic E-state index is 12.1. The van der Waals surface area contributed by atoms with Gasteiger partial charge in [-0.3, -0.25) is 14.5 Å². The highest BCUT2D eigenvalue weighted by Gasteiger charge is 2.17. The number of pyridine rings is 1. The normalized spacial score (nSPS) is 12.2. The van der Waals surface area contributed by atoms with Crippen molar-refractivity contribution in [2.24, 2.45) is 5.92 Å². The van der Waals surface area contributed by atoms with E-state index in [2.05, 4.69) is 15.4 Å². The summed E-state index contributed by atoms with van der Waals surface area (Å²) in [6.45, 7) is 6.58. The number of hydrogen-bond donors (Lipinski definition) is 1. The quantitative estimate of drug-likeness (QED) is 0.923. The van der Waals surface area contributed by atoms with Crippen LogP contribution < -0.4 is 5.32 Å². The Morgan fingerprint density at radius 2 is 2.19 bits per heavy atom. The van der Waals surface area contributed by atoms with E-state index in [-0.39, 0.29) is 11.8 Å². The van der Waals surface area contributed by atoms with Crippen LogP contribution in [-0.4, -0.2) is 20.7 Å². The molecule has 0 spiro atoms. The van der Waals surface area contributed by atoms with Gasteiger partial charge in [-0.15, -0.1) is 0 Å². The molecule has 2 aromatic rings. The van der Waals surface area contributed by atoms with E-state index in [9.17, 15) is 4.79 Å². The van der Waals surface area contributed by atoms with Gasteiger partial charge in [0.1, 0.15) is 0 Å². The minimum atomic E-state index is -0.192. The Morgan fingerprint density at radius 3 is 2.76 bits per heavy atom. The second kappa shape index (κ2) is 6.72. The van der Waals surface area contributed by atoms with Gasteiger partial charge in [0.05, 0.1) is 41.1 Å². The number of halogens is 1. The molecule has 0 saturated heterocycles. The zero-order valence-electron chi connectivity index (χ0n) is 12.4. The van der Waals surface area contributed by atoms with Crippen molar-refractivity contribution < 1.29 is 4.79 Å². The number of nitrogens with one attached hydrogen (secondary N) is 1. The van der Waals surface area contributed by atoms with E-state index < -0.39 is 0 Å². The van der Waals surface area contributed by atoms with Gasteiger partial charge in [0.15, 0.2) is 0 Å². The van der Waals surface area contributed by atoms with E-state index in [1.165, 1.54) is 0 Å². The summed E-state index contributed by atoms with van der Waals surface area (Å²) >= 11 is 6.11. The third-order valence-electron chi connectivity index (χ3n) is 3.36. The largest absolute Gasteiger partial charge is 0.350 e. The molecule has 21 heavy (non-hydrogen) atoms. The minimum Gasteiger partial charge on any atom is -0.350 e. The lowest BCUT2D eigenvalue weighted by Crippen LogP contribution is -2.31. The highest BCUT2D eigenvalue weighted by Crippen LogP contribution is 2.19. The fraction of sp³-hybridized carbons (Fsp3) is 0.400. The molecule has 0 bridgehead atoms. The molecule has 5 nitrogen and oxygen atoms in total. The third kappa shape index (κ3) is 3.82. The van der Waals surface area contributed by atoms with Crippen LogP contribution in [0.1, 0.15) is 24.0 Å². The molecule has 1 amide bonds. The summed E-state index contributed by atoms with van der Waals surface area (Å²) in [7, 11) is 0. The van der Waals surface area contributed by atoms with Gasteiger partial charge in [0.25, 0.3) is 0 Å². The summed E-state index contributed by atoms with van der Waals surface area (Å²) in [4.78, 5) is 16.3. The van der Waals surface area contributed by atoms with Crippen LogP contribution >= 0.6 is 11.6 Å². The third-order valence-corrected chi connectivity index (χ3v) is 3.90. The molecule has 0 fully saturated rings. The molecule has 1 unspecified atom stereocenters. The van der Waals surface area contributed by atoms with Crippen molar-refractivity contribution in [2.45, 2.75) is 33.9 Å². The number of hydrogen-bond acceptors (Lipinski definition) is 3. The first kappa shape index (κ1) is 15.5. The van der Waals surface area contributed by atoms with Crippen LogP contribution in [0.3, 0.4) is 0 Å². The molecule has 2 rings (SSSR count). The van der Waals surface area contributed by atoms with Gasteiger partial charge in [-0.1, -0.05) is 24.6 Å². The Hall–Kier alpha value is -1.88. The smallest absolute Gasteiger partial charge is 0.225 e. The number of carbonyl (C=O) groups is 1. The van der Waals surface area contributed by atoms with E-state index in [0.29, 0.717) is 18.1 Å². The zero-order chi connectivity index (χ0) is 15.4. The average Bonchev–Trinajstić information content (AvgIpc) is 2.73. The second-order valence-electron chi connectivity index (χ2n) is 5.11. The van der Waals surface area contributed by atoms with Crippen LogP contribution in [0.5, 0.6) is 0 Å². The van der Waals surface area contributed by atoms with Crippen LogP contribution in [0.2, 0.25) is 5.02 Å². The number of rotatable bonds is 5. The Morgan fingerprint density at radius 1 is 1.43 bits per heavy atom. The van der Waals surface area contributed by atoms with Crippen molar-refractivity contribution >= 4 is 17.5 Å².